The summed E-state index contributed by atoms with van der Waals surface area (Å²) in [6.45, 7) is 2.35. The van der Waals surface area contributed by atoms with Crippen LogP contribution in [0.4, 0.5) is 0 Å². The Morgan fingerprint density at radius 1 is 0.925 bits per heavy atom. The maximum atomic E-state index is 14.5. The number of ether oxygens (including phenoxy) is 2. The third-order valence-corrected chi connectivity index (χ3v) is 8.68. The fraction of sp³-hybridized carbons (Fsp3) is 0.406. The number of benzene rings is 2. The number of amides is 2. The van der Waals surface area contributed by atoms with Gasteiger partial charge >= 0.3 is 5.97 Å². The molecular weight excluding hydrogens is 508 g/mol. The highest BCUT2D eigenvalue weighted by Crippen LogP contribution is 2.57. The Morgan fingerprint density at radius 3 is 2.33 bits per heavy atom. The van der Waals surface area contributed by atoms with E-state index in [0.717, 1.165) is 11.1 Å². The molecule has 208 valence electrons. The molecule has 0 radical (unpaired) electrons. The Hall–Kier alpha value is -3.75. The molecule has 1 spiro atoms. The second-order valence-electron chi connectivity index (χ2n) is 11.2. The van der Waals surface area contributed by atoms with Crippen LogP contribution in [-0.4, -0.2) is 75.7 Å². The summed E-state index contributed by atoms with van der Waals surface area (Å²) in [6.07, 6.45) is 8.33. The average Bonchev–Trinajstić information content (AvgIpc) is 3.29. The molecule has 0 saturated carbocycles. The van der Waals surface area contributed by atoms with Gasteiger partial charge in [-0.05, 0) is 30.9 Å². The second-order valence-corrected chi connectivity index (χ2v) is 11.2. The van der Waals surface area contributed by atoms with E-state index in [1.807, 2.05) is 85.0 Å². The zero-order chi connectivity index (χ0) is 27.9. The van der Waals surface area contributed by atoms with Crippen molar-refractivity contribution in [1.82, 2.24) is 9.80 Å². The van der Waals surface area contributed by atoms with Crippen LogP contribution in [0.25, 0.3) is 0 Å². The van der Waals surface area contributed by atoms with Crippen LogP contribution in [0.15, 0.2) is 85.0 Å². The molecule has 1 N–H and O–H groups in total. The predicted octanol–water partition coefficient (Wildman–Crippen LogP) is 2.66. The lowest BCUT2D eigenvalue weighted by Gasteiger charge is -2.40. The van der Waals surface area contributed by atoms with Gasteiger partial charge in [0.25, 0.3) is 0 Å². The van der Waals surface area contributed by atoms with Gasteiger partial charge in [-0.3, -0.25) is 14.4 Å². The average molecular weight is 543 g/mol. The molecule has 6 rings (SSSR count). The van der Waals surface area contributed by atoms with Gasteiger partial charge in [-0.2, -0.15) is 0 Å². The lowest BCUT2D eigenvalue weighted by atomic mass is 9.74. The van der Waals surface area contributed by atoms with Crippen molar-refractivity contribution >= 4 is 17.8 Å². The fourth-order valence-electron chi connectivity index (χ4n) is 6.95. The minimum absolute atomic E-state index is 0.218. The molecule has 0 bridgehead atoms. The van der Waals surface area contributed by atoms with E-state index in [9.17, 15) is 19.5 Å². The maximum Gasteiger partial charge on any atom is 0.313 e. The zero-order valence-electron chi connectivity index (χ0n) is 22.5. The molecule has 40 heavy (non-hydrogen) atoms. The Balaban J connectivity index is 1.46. The van der Waals surface area contributed by atoms with Crippen LogP contribution in [0.1, 0.15) is 24.5 Å². The van der Waals surface area contributed by atoms with E-state index in [4.69, 9.17) is 9.47 Å². The van der Waals surface area contributed by atoms with Crippen molar-refractivity contribution in [2.24, 2.45) is 11.8 Å². The van der Waals surface area contributed by atoms with Crippen molar-refractivity contribution < 1.29 is 29.0 Å². The molecular formula is C32H34N2O6. The first-order chi connectivity index (χ1) is 19.4. The summed E-state index contributed by atoms with van der Waals surface area (Å²) in [6, 6.07) is 17.5. The van der Waals surface area contributed by atoms with Crippen LogP contribution in [0.5, 0.6) is 0 Å². The van der Waals surface area contributed by atoms with Crippen LogP contribution in [0.2, 0.25) is 0 Å². The van der Waals surface area contributed by atoms with Gasteiger partial charge in [-0.15, -0.1) is 0 Å². The Bertz CT molecular complexity index is 1340. The maximum absolute atomic E-state index is 14.5. The number of carbonyl (C=O) groups is 3. The van der Waals surface area contributed by atoms with Gasteiger partial charge in [-0.1, -0.05) is 85.0 Å². The Kier molecular flexibility index (Phi) is 6.84. The van der Waals surface area contributed by atoms with Gasteiger partial charge in [0.05, 0.1) is 30.8 Å². The van der Waals surface area contributed by atoms with Gasteiger partial charge in [0.15, 0.2) is 0 Å². The molecule has 2 aromatic carbocycles. The van der Waals surface area contributed by atoms with E-state index in [-0.39, 0.29) is 25.0 Å². The van der Waals surface area contributed by atoms with E-state index in [0.29, 0.717) is 25.9 Å². The van der Waals surface area contributed by atoms with Gasteiger partial charge in [0, 0.05) is 13.1 Å². The number of aliphatic hydroxyl groups excluding tert-OH is 1. The molecule has 0 aromatic heterocycles. The number of fused-ring (bicyclic) bond motifs is 2. The molecule has 4 aliphatic rings. The molecule has 4 aliphatic heterocycles. The number of likely N-dealkylation sites (tertiary alicyclic amines) is 1. The number of hydrogen-bond acceptors (Lipinski definition) is 6. The summed E-state index contributed by atoms with van der Waals surface area (Å²) >= 11 is 0. The van der Waals surface area contributed by atoms with Crippen LogP contribution in [-0.2, 0) is 36.8 Å². The lowest BCUT2D eigenvalue weighted by Crippen LogP contribution is -2.59. The molecule has 8 heteroatoms. The number of aliphatic hydroxyl groups is 1. The van der Waals surface area contributed by atoms with Crippen molar-refractivity contribution in [3.63, 3.8) is 0 Å². The molecule has 0 aliphatic carbocycles. The van der Waals surface area contributed by atoms with E-state index in [1.165, 1.54) is 4.90 Å². The molecule has 2 saturated heterocycles. The quantitative estimate of drug-likeness (QED) is 0.446. The van der Waals surface area contributed by atoms with E-state index >= 15 is 0 Å². The molecule has 8 nitrogen and oxygen atoms in total. The van der Waals surface area contributed by atoms with Gasteiger partial charge in [0.1, 0.15) is 17.6 Å². The fourth-order valence-corrected chi connectivity index (χ4v) is 6.95. The Morgan fingerprint density at radius 2 is 1.62 bits per heavy atom. The number of esters is 1. The summed E-state index contributed by atoms with van der Waals surface area (Å²) < 4.78 is 12.4. The SMILES string of the molecule is C[C@]12C=CCCOC(=O)[C@H]1[C@H]1C(=O)N([C@@H](CO)Cc3ccccc3)C3C(=O)N(Cc4ccccc4)CC=C[C@@]31O2. The standard InChI is InChI=1S/C32H34N2O6/c1-31-15-8-9-18-39-30(38)26(31)25-28(36)34(24(21-35)19-22-11-4-2-5-12-22)27-29(37)33(17-10-16-32(25,27)40-31)20-23-13-6-3-7-14-23/h2-8,10-16,24-27,35H,9,17-21H2,1H3/t24-,25+,26-,27?,31+,32+/m1/s1. The van der Waals surface area contributed by atoms with Gasteiger partial charge < -0.3 is 24.4 Å². The van der Waals surface area contributed by atoms with Crippen LogP contribution < -0.4 is 0 Å². The summed E-state index contributed by atoms with van der Waals surface area (Å²) in [5.41, 5.74) is -0.632. The van der Waals surface area contributed by atoms with Crippen molar-refractivity contribution in [1.29, 1.82) is 0 Å². The first kappa shape index (κ1) is 26.5. The molecule has 4 heterocycles. The van der Waals surface area contributed by atoms with Crippen molar-refractivity contribution in [3.8, 4) is 0 Å². The highest BCUT2D eigenvalue weighted by atomic mass is 16.6. The molecule has 1 unspecified atom stereocenters. The number of carbonyl (C=O) groups excluding carboxylic acids is 3. The van der Waals surface area contributed by atoms with Crippen molar-refractivity contribution in [3.05, 3.63) is 96.1 Å². The second kappa shape index (κ2) is 10.3. The van der Waals surface area contributed by atoms with Crippen molar-refractivity contribution in [2.45, 2.75) is 49.6 Å². The molecule has 2 aromatic rings. The molecule has 2 amide bonds. The highest BCUT2D eigenvalue weighted by Gasteiger charge is 2.75. The normalized spacial score (nSPS) is 32.0. The van der Waals surface area contributed by atoms with E-state index in [2.05, 4.69) is 0 Å². The number of nitrogens with zero attached hydrogens (tertiary/aromatic N) is 2. The monoisotopic (exact) mass is 542 g/mol. The smallest absolute Gasteiger partial charge is 0.313 e. The van der Waals surface area contributed by atoms with Crippen LogP contribution in [0.3, 0.4) is 0 Å². The highest BCUT2D eigenvalue weighted by molar-refractivity contribution is 5.99. The largest absolute Gasteiger partial charge is 0.465 e. The number of cyclic esters (lactones) is 1. The lowest BCUT2D eigenvalue weighted by molar-refractivity contribution is -0.162. The number of hydrogen-bond donors (Lipinski definition) is 1. The third kappa shape index (κ3) is 4.26. The topological polar surface area (TPSA) is 96.4 Å². The van der Waals surface area contributed by atoms with Gasteiger partial charge in [-0.25, -0.2) is 0 Å². The minimum Gasteiger partial charge on any atom is -0.465 e. The number of rotatable bonds is 6. The zero-order valence-corrected chi connectivity index (χ0v) is 22.5. The van der Waals surface area contributed by atoms with E-state index in [1.54, 1.807) is 11.8 Å². The van der Waals surface area contributed by atoms with Crippen molar-refractivity contribution in [2.75, 3.05) is 19.8 Å². The van der Waals surface area contributed by atoms with Crippen LogP contribution in [0, 0.1) is 11.8 Å². The first-order valence-corrected chi connectivity index (χ1v) is 13.9. The molecule has 2 fully saturated rings. The summed E-state index contributed by atoms with van der Waals surface area (Å²) in [7, 11) is 0. The third-order valence-electron chi connectivity index (χ3n) is 8.68. The summed E-state index contributed by atoms with van der Waals surface area (Å²) in [5.74, 6) is -3.05. The first-order valence-electron chi connectivity index (χ1n) is 13.9. The van der Waals surface area contributed by atoms with Crippen LogP contribution >= 0.6 is 0 Å². The van der Waals surface area contributed by atoms with Gasteiger partial charge in [0.2, 0.25) is 11.8 Å². The Labute approximate surface area is 233 Å². The summed E-state index contributed by atoms with van der Waals surface area (Å²) in [5, 5.41) is 10.6. The van der Waals surface area contributed by atoms with E-state index < -0.39 is 41.1 Å². The molecule has 6 atom stereocenters. The minimum atomic E-state index is -1.39. The summed E-state index contributed by atoms with van der Waals surface area (Å²) in [4.78, 5) is 45.7. The predicted molar refractivity (Wildman–Crippen MR) is 147 cm³/mol.